The number of sulfone groups is 1. The molecule has 1 unspecified atom stereocenters. The van der Waals surface area contributed by atoms with Crippen molar-refractivity contribution in [3.63, 3.8) is 0 Å². The highest BCUT2D eigenvalue weighted by atomic mass is 32.2. The molecule has 1 aliphatic rings. The number of aromatic nitrogens is 2. The number of thioether (sulfide) groups is 1. The third kappa shape index (κ3) is 3.50. The molecule has 1 fully saturated rings. The van der Waals surface area contributed by atoms with E-state index in [0.717, 1.165) is 0 Å². The first-order valence-electron chi connectivity index (χ1n) is 5.95. The molecule has 0 aliphatic carbocycles. The minimum Gasteiger partial charge on any atom is -0.373 e. The predicted octanol–water partition coefficient (Wildman–Crippen LogP) is 1.23. The van der Waals surface area contributed by atoms with Gasteiger partial charge in [-0.15, -0.1) is 0 Å². The summed E-state index contributed by atoms with van der Waals surface area (Å²) in [5, 5.41) is 6.86. The van der Waals surface area contributed by atoms with Crippen LogP contribution in [0.5, 0.6) is 0 Å². The van der Waals surface area contributed by atoms with Crippen molar-refractivity contribution in [2.45, 2.75) is 24.0 Å². The zero-order valence-electron chi connectivity index (χ0n) is 11.2. The van der Waals surface area contributed by atoms with Gasteiger partial charge in [0.15, 0.2) is 15.0 Å². The Labute approximate surface area is 117 Å². The molecular formula is C11H18N4O2S2. The maximum Gasteiger partial charge on any atom is 0.191 e. The van der Waals surface area contributed by atoms with Gasteiger partial charge >= 0.3 is 0 Å². The fraction of sp³-hybridized carbons (Fsp3) is 0.636. The smallest absolute Gasteiger partial charge is 0.191 e. The second-order valence-corrected chi connectivity index (χ2v) is 7.86. The molecule has 0 aromatic carbocycles. The Kier molecular flexibility index (Phi) is 3.91. The fourth-order valence-electron chi connectivity index (χ4n) is 2.13. The third-order valence-electron chi connectivity index (χ3n) is 3.08. The second kappa shape index (κ2) is 5.16. The van der Waals surface area contributed by atoms with Gasteiger partial charge in [-0.1, -0.05) is 11.8 Å². The first kappa shape index (κ1) is 14.4. The first-order chi connectivity index (χ1) is 8.86. The molecule has 106 valence electrons. The number of nitrogens with one attached hydrogen (secondary N) is 2. The number of hydrogen-bond acceptors (Lipinski definition) is 7. The van der Waals surface area contributed by atoms with E-state index < -0.39 is 15.4 Å². The quantitative estimate of drug-likeness (QED) is 0.639. The molecular weight excluding hydrogens is 284 g/mol. The molecule has 2 heterocycles. The van der Waals surface area contributed by atoms with Gasteiger partial charge in [-0.05, 0) is 19.6 Å². The molecule has 8 heteroatoms. The summed E-state index contributed by atoms with van der Waals surface area (Å²) in [5.41, 5.74) is -0.451. The number of hydrogen-bond donors (Lipinski definition) is 2. The van der Waals surface area contributed by atoms with Crippen LogP contribution in [-0.4, -0.2) is 48.7 Å². The Hall–Kier alpha value is -1.02. The molecule has 0 saturated carbocycles. The lowest BCUT2D eigenvalue weighted by Gasteiger charge is -2.24. The van der Waals surface area contributed by atoms with Crippen LogP contribution < -0.4 is 10.6 Å². The van der Waals surface area contributed by atoms with E-state index >= 15 is 0 Å². The highest BCUT2D eigenvalue weighted by Crippen LogP contribution is 2.28. The standard InChI is InChI=1S/C11H18N4O2S2/c1-11(4-5-19(16,17)7-11)15-9-6-8(12-2)13-10(14-9)18-3/h6H,4-5,7H2,1-3H3,(H2,12,13,14,15). The van der Waals surface area contributed by atoms with Crippen LogP contribution >= 0.6 is 11.8 Å². The molecule has 0 spiro atoms. The van der Waals surface area contributed by atoms with Crippen LogP contribution in [0.2, 0.25) is 0 Å². The summed E-state index contributed by atoms with van der Waals surface area (Å²) < 4.78 is 23.2. The van der Waals surface area contributed by atoms with Gasteiger partial charge in [0.1, 0.15) is 11.6 Å². The SMILES string of the molecule is CNc1cc(NC2(C)CCS(=O)(=O)C2)nc(SC)n1. The Balaban J connectivity index is 2.23. The van der Waals surface area contributed by atoms with E-state index in [0.29, 0.717) is 23.2 Å². The van der Waals surface area contributed by atoms with Gasteiger partial charge in [0.2, 0.25) is 0 Å². The molecule has 0 bridgehead atoms. The van der Waals surface area contributed by atoms with E-state index in [1.165, 1.54) is 11.8 Å². The summed E-state index contributed by atoms with van der Waals surface area (Å²) in [6, 6.07) is 1.79. The molecule has 0 amide bonds. The lowest BCUT2D eigenvalue weighted by molar-refractivity contribution is 0.571. The van der Waals surface area contributed by atoms with Crippen molar-refractivity contribution in [3.8, 4) is 0 Å². The average Bonchev–Trinajstić information content (AvgIpc) is 2.62. The average molecular weight is 302 g/mol. The van der Waals surface area contributed by atoms with Crippen LogP contribution in [-0.2, 0) is 9.84 Å². The van der Waals surface area contributed by atoms with Crippen molar-refractivity contribution in [1.82, 2.24) is 9.97 Å². The summed E-state index contributed by atoms with van der Waals surface area (Å²) in [6.45, 7) is 1.91. The van der Waals surface area contributed by atoms with Gasteiger partial charge < -0.3 is 10.6 Å². The van der Waals surface area contributed by atoms with Crippen LogP contribution in [0.3, 0.4) is 0 Å². The number of anilines is 2. The van der Waals surface area contributed by atoms with E-state index in [4.69, 9.17) is 0 Å². The molecule has 1 aromatic heterocycles. The summed E-state index contributed by atoms with van der Waals surface area (Å²) in [6.07, 6.45) is 2.50. The topological polar surface area (TPSA) is 84.0 Å². The number of rotatable bonds is 4. The van der Waals surface area contributed by atoms with Crippen LogP contribution in [0.25, 0.3) is 0 Å². The molecule has 1 atom stereocenters. The Bertz CT molecular complexity index is 554. The largest absolute Gasteiger partial charge is 0.373 e. The molecule has 1 aliphatic heterocycles. The molecule has 1 aromatic rings. The van der Waals surface area contributed by atoms with Crippen molar-refractivity contribution < 1.29 is 8.42 Å². The fourth-order valence-corrected chi connectivity index (χ4v) is 4.60. The van der Waals surface area contributed by atoms with Crippen LogP contribution in [0.1, 0.15) is 13.3 Å². The van der Waals surface area contributed by atoms with E-state index in [1.54, 1.807) is 13.1 Å². The van der Waals surface area contributed by atoms with Crippen molar-refractivity contribution in [2.75, 3.05) is 35.4 Å². The molecule has 2 rings (SSSR count). The lowest BCUT2D eigenvalue weighted by atomic mass is 10.0. The number of nitrogens with zero attached hydrogens (tertiary/aromatic N) is 2. The zero-order chi connectivity index (χ0) is 14.1. The highest BCUT2D eigenvalue weighted by molar-refractivity contribution is 7.98. The van der Waals surface area contributed by atoms with Gasteiger partial charge in [0.05, 0.1) is 17.0 Å². The molecule has 0 radical (unpaired) electrons. The van der Waals surface area contributed by atoms with E-state index in [1.807, 2.05) is 13.2 Å². The summed E-state index contributed by atoms with van der Waals surface area (Å²) in [5.74, 6) is 1.75. The predicted molar refractivity (Wildman–Crippen MR) is 78.7 cm³/mol. The molecule has 2 N–H and O–H groups in total. The summed E-state index contributed by atoms with van der Waals surface area (Å²) in [7, 11) is -1.14. The first-order valence-corrected chi connectivity index (χ1v) is 9.00. The maximum absolute atomic E-state index is 11.6. The van der Waals surface area contributed by atoms with Gasteiger partial charge in [0, 0.05) is 13.1 Å². The lowest BCUT2D eigenvalue weighted by Crippen LogP contribution is -2.36. The molecule has 6 nitrogen and oxygen atoms in total. The second-order valence-electron chi connectivity index (χ2n) is 4.90. The molecule has 1 saturated heterocycles. The highest BCUT2D eigenvalue weighted by Gasteiger charge is 2.38. The zero-order valence-corrected chi connectivity index (χ0v) is 12.9. The maximum atomic E-state index is 11.6. The van der Waals surface area contributed by atoms with E-state index in [-0.39, 0.29) is 11.5 Å². The Morgan fingerprint density at radius 2 is 2.05 bits per heavy atom. The van der Waals surface area contributed by atoms with Crippen molar-refractivity contribution in [2.24, 2.45) is 0 Å². The Morgan fingerprint density at radius 1 is 1.37 bits per heavy atom. The van der Waals surface area contributed by atoms with Gasteiger partial charge in [-0.3, -0.25) is 0 Å². The monoisotopic (exact) mass is 302 g/mol. The van der Waals surface area contributed by atoms with Crippen LogP contribution in [0.4, 0.5) is 11.6 Å². The van der Waals surface area contributed by atoms with Gasteiger partial charge in [-0.2, -0.15) is 0 Å². The summed E-state index contributed by atoms with van der Waals surface area (Å²) >= 11 is 1.45. The van der Waals surface area contributed by atoms with Gasteiger partial charge in [0.25, 0.3) is 0 Å². The normalized spacial score (nSPS) is 25.2. The van der Waals surface area contributed by atoms with Crippen molar-refractivity contribution in [1.29, 1.82) is 0 Å². The van der Waals surface area contributed by atoms with Crippen molar-refractivity contribution in [3.05, 3.63) is 6.07 Å². The minimum atomic E-state index is -2.93. The van der Waals surface area contributed by atoms with Crippen LogP contribution in [0.15, 0.2) is 11.2 Å². The third-order valence-corrected chi connectivity index (χ3v) is 5.53. The van der Waals surface area contributed by atoms with E-state index in [9.17, 15) is 8.42 Å². The van der Waals surface area contributed by atoms with Gasteiger partial charge in [-0.25, -0.2) is 18.4 Å². The van der Waals surface area contributed by atoms with Crippen molar-refractivity contribution >= 4 is 33.2 Å². The summed E-state index contributed by atoms with van der Waals surface area (Å²) in [4.78, 5) is 8.64. The molecule has 19 heavy (non-hydrogen) atoms. The minimum absolute atomic E-state index is 0.146. The Morgan fingerprint density at radius 3 is 2.58 bits per heavy atom. The van der Waals surface area contributed by atoms with E-state index in [2.05, 4.69) is 20.6 Å². The van der Waals surface area contributed by atoms with Crippen LogP contribution in [0, 0.1) is 0 Å².